The number of alkyl halides is 3. The molecule has 26 heavy (non-hydrogen) atoms. The number of amides is 2. The summed E-state index contributed by atoms with van der Waals surface area (Å²) >= 11 is 0. The smallest absolute Gasteiger partial charge is 0.355 e. The molecule has 1 saturated heterocycles. The second kappa shape index (κ2) is 7.20. The van der Waals surface area contributed by atoms with E-state index in [2.05, 4.69) is 15.3 Å². The standard InChI is InChI=1S/C17H21F3N4O2/c1-10-8-13(17(18,19)20)23-14(22-10)6-7-21-16(26)11-2-5-15(25)24(9-11)12-3-4-12/h8,11-12H,2-7,9H2,1H3,(H,21,26). The lowest BCUT2D eigenvalue weighted by molar-refractivity contribution is -0.141. The van der Waals surface area contributed by atoms with Gasteiger partial charge in [0.1, 0.15) is 11.5 Å². The van der Waals surface area contributed by atoms with Gasteiger partial charge in [0.15, 0.2) is 0 Å². The number of nitrogens with one attached hydrogen (secondary N) is 1. The molecule has 2 heterocycles. The third-order valence-corrected chi connectivity index (χ3v) is 4.64. The topological polar surface area (TPSA) is 75.2 Å². The molecule has 1 aromatic rings. The summed E-state index contributed by atoms with van der Waals surface area (Å²) in [4.78, 5) is 33.5. The lowest BCUT2D eigenvalue weighted by atomic mass is 9.96. The second-order valence-corrected chi connectivity index (χ2v) is 6.86. The lowest BCUT2D eigenvalue weighted by Crippen LogP contribution is -2.46. The monoisotopic (exact) mass is 370 g/mol. The Morgan fingerprint density at radius 3 is 2.69 bits per heavy atom. The van der Waals surface area contributed by atoms with E-state index in [4.69, 9.17) is 0 Å². The van der Waals surface area contributed by atoms with Crippen LogP contribution >= 0.6 is 0 Å². The fourth-order valence-electron chi connectivity index (χ4n) is 3.15. The molecule has 1 unspecified atom stereocenters. The molecule has 0 spiro atoms. The largest absolute Gasteiger partial charge is 0.433 e. The first-order valence-corrected chi connectivity index (χ1v) is 8.73. The fraction of sp³-hybridized carbons (Fsp3) is 0.647. The van der Waals surface area contributed by atoms with Crippen LogP contribution in [0.2, 0.25) is 0 Å². The maximum Gasteiger partial charge on any atom is 0.433 e. The van der Waals surface area contributed by atoms with Gasteiger partial charge in [-0.3, -0.25) is 9.59 Å². The third kappa shape index (κ3) is 4.50. The predicted molar refractivity (Wildman–Crippen MR) is 85.9 cm³/mol. The van der Waals surface area contributed by atoms with Crippen molar-refractivity contribution in [2.45, 2.75) is 51.2 Å². The highest BCUT2D eigenvalue weighted by molar-refractivity contribution is 5.84. The summed E-state index contributed by atoms with van der Waals surface area (Å²) in [5, 5.41) is 2.74. The van der Waals surface area contributed by atoms with Crippen molar-refractivity contribution >= 4 is 11.8 Å². The molecule has 142 valence electrons. The van der Waals surface area contributed by atoms with Crippen LogP contribution in [0.25, 0.3) is 0 Å². The van der Waals surface area contributed by atoms with E-state index in [0.29, 0.717) is 19.4 Å². The quantitative estimate of drug-likeness (QED) is 0.859. The van der Waals surface area contributed by atoms with Crippen LogP contribution in [0.3, 0.4) is 0 Å². The Balaban J connectivity index is 1.52. The fourth-order valence-corrected chi connectivity index (χ4v) is 3.15. The zero-order valence-electron chi connectivity index (χ0n) is 14.5. The minimum atomic E-state index is -4.52. The Bertz CT molecular complexity index is 704. The molecule has 1 aliphatic heterocycles. The molecule has 6 nitrogen and oxygen atoms in total. The van der Waals surface area contributed by atoms with Crippen LogP contribution in [0.15, 0.2) is 6.07 Å². The van der Waals surface area contributed by atoms with Crippen LogP contribution < -0.4 is 5.32 Å². The van der Waals surface area contributed by atoms with Crippen LogP contribution in [-0.4, -0.2) is 45.8 Å². The van der Waals surface area contributed by atoms with E-state index >= 15 is 0 Å². The summed E-state index contributed by atoms with van der Waals surface area (Å²) < 4.78 is 38.4. The van der Waals surface area contributed by atoms with Crippen molar-refractivity contribution < 1.29 is 22.8 Å². The number of likely N-dealkylation sites (tertiary alicyclic amines) is 1. The van der Waals surface area contributed by atoms with Crippen LogP contribution in [0.5, 0.6) is 0 Å². The van der Waals surface area contributed by atoms with Crippen molar-refractivity contribution in [1.29, 1.82) is 0 Å². The zero-order chi connectivity index (χ0) is 18.9. The molecular formula is C17H21F3N4O2. The van der Waals surface area contributed by atoms with Crippen LogP contribution in [-0.2, 0) is 22.2 Å². The molecule has 9 heteroatoms. The molecule has 1 aliphatic carbocycles. The van der Waals surface area contributed by atoms with Crippen molar-refractivity contribution in [3.63, 3.8) is 0 Å². The highest BCUT2D eigenvalue weighted by Crippen LogP contribution is 2.31. The number of halogens is 3. The molecule has 2 fully saturated rings. The summed E-state index contributed by atoms with van der Waals surface area (Å²) in [7, 11) is 0. The number of aromatic nitrogens is 2. The van der Waals surface area contributed by atoms with Gasteiger partial charge in [0.05, 0.1) is 5.92 Å². The Morgan fingerprint density at radius 1 is 1.31 bits per heavy atom. The molecule has 2 aliphatic rings. The first-order chi connectivity index (χ1) is 12.2. The number of carbonyl (C=O) groups is 2. The normalized spacial score (nSPS) is 21.0. The highest BCUT2D eigenvalue weighted by atomic mass is 19.4. The van der Waals surface area contributed by atoms with E-state index < -0.39 is 11.9 Å². The van der Waals surface area contributed by atoms with Crippen LogP contribution in [0.4, 0.5) is 13.2 Å². The molecule has 1 N–H and O–H groups in total. The number of aryl methyl sites for hydroxylation is 1. The number of carbonyl (C=O) groups excluding carboxylic acids is 2. The van der Waals surface area contributed by atoms with Gasteiger partial charge in [0, 0.05) is 37.7 Å². The average molecular weight is 370 g/mol. The Labute approximate surface area is 149 Å². The van der Waals surface area contributed by atoms with E-state index in [-0.39, 0.29) is 48.3 Å². The molecule has 1 atom stereocenters. The van der Waals surface area contributed by atoms with E-state index in [1.54, 1.807) is 4.90 Å². The van der Waals surface area contributed by atoms with Crippen molar-refractivity contribution in [3.05, 3.63) is 23.3 Å². The van der Waals surface area contributed by atoms with Crippen LogP contribution in [0.1, 0.15) is 42.9 Å². The van der Waals surface area contributed by atoms with Gasteiger partial charge in [-0.25, -0.2) is 9.97 Å². The average Bonchev–Trinajstić information content (AvgIpc) is 3.38. The molecule has 1 saturated carbocycles. The second-order valence-electron chi connectivity index (χ2n) is 6.86. The summed E-state index contributed by atoms with van der Waals surface area (Å²) in [6, 6.07) is 1.17. The van der Waals surface area contributed by atoms with E-state index in [9.17, 15) is 22.8 Å². The third-order valence-electron chi connectivity index (χ3n) is 4.64. The number of nitrogens with zero attached hydrogens (tertiary/aromatic N) is 3. The zero-order valence-corrected chi connectivity index (χ0v) is 14.5. The maximum atomic E-state index is 12.8. The number of hydrogen-bond donors (Lipinski definition) is 1. The summed E-state index contributed by atoms with van der Waals surface area (Å²) in [6.45, 7) is 2.06. The first kappa shape index (κ1) is 18.6. The lowest BCUT2D eigenvalue weighted by Gasteiger charge is -2.32. The highest BCUT2D eigenvalue weighted by Gasteiger charge is 2.38. The molecule has 0 bridgehead atoms. The summed E-state index contributed by atoms with van der Waals surface area (Å²) in [5.74, 6) is -0.287. The Kier molecular flexibility index (Phi) is 5.15. The number of hydrogen-bond acceptors (Lipinski definition) is 4. The first-order valence-electron chi connectivity index (χ1n) is 8.73. The van der Waals surface area contributed by atoms with Gasteiger partial charge in [-0.1, -0.05) is 0 Å². The van der Waals surface area contributed by atoms with Gasteiger partial charge in [0.25, 0.3) is 0 Å². The van der Waals surface area contributed by atoms with Crippen molar-refractivity contribution in [1.82, 2.24) is 20.2 Å². The minimum Gasteiger partial charge on any atom is -0.355 e. The van der Waals surface area contributed by atoms with Gasteiger partial charge in [-0.05, 0) is 32.3 Å². The minimum absolute atomic E-state index is 0.0519. The van der Waals surface area contributed by atoms with E-state index in [0.717, 1.165) is 18.9 Å². The van der Waals surface area contributed by atoms with Crippen LogP contribution in [0, 0.1) is 12.8 Å². The van der Waals surface area contributed by atoms with Gasteiger partial charge in [0.2, 0.25) is 11.8 Å². The van der Waals surface area contributed by atoms with E-state index in [1.807, 2.05) is 0 Å². The van der Waals surface area contributed by atoms with Crippen molar-refractivity contribution in [2.24, 2.45) is 5.92 Å². The maximum absolute atomic E-state index is 12.8. The summed E-state index contributed by atoms with van der Waals surface area (Å²) in [5.41, 5.74) is -0.739. The van der Waals surface area contributed by atoms with E-state index in [1.165, 1.54) is 6.92 Å². The molecule has 2 amide bonds. The molecule has 1 aromatic heterocycles. The SMILES string of the molecule is Cc1cc(C(F)(F)F)nc(CCNC(=O)C2CCC(=O)N(C3CC3)C2)n1. The van der Waals surface area contributed by atoms with Crippen molar-refractivity contribution in [3.8, 4) is 0 Å². The van der Waals surface area contributed by atoms with Gasteiger partial charge in [-0.15, -0.1) is 0 Å². The Hall–Kier alpha value is -2.19. The summed E-state index contributed by atoms with van der Waals surface area (Å²) in [6.07, 6.45) is -1.54. The van der Waals surface area contributed by atoms with Gasteiger partial charge < -0.3 is 10.2 Å². The van der Waals surface area contributed by atoms with Crippen molar-refractivity contribution in [2.75, 3.05) is 13.1 Å². The molecule has 3 rings (SSSR count). The number of rotatable bonds is 5. The number of piperidine rings is 1. The molecule has 0 aromatic carbocycles. The Morgan fingerprint density at radius 2 is 2.04 bits per heavy atom. The van der Waals surface area contributed by atoms with Gasteiger partial charge >= 0.3 is 6.18 Å². The molecular weight excluding hydrogens is 349 g/mol. The molecule has 0 radical (unpaired) electrons. The predicted octanol–water partition coefficient (Wildman–Crippen LogP) is 1.86. The van der Waals surface area contributed by atoms with Gasteiger partial charge in [-0.2, -0.15) is 13.2 Å².